The zero-order chi connectivity index (χ0) is 20.8. The molecule has 1 amide bonds. The van der Waals surface area contributed by atoms with Crippen molar-refractivity contribution in [1.82, 2.24) is 9.88 Å². The highest BCUT2D eigenvalue weighted by Crippen LogP contribution is 2.18. The van der Waals surface area contributed by atoms with Crippen molar-refractivity contribution in [1.29, 1.82) is 0 Å². The topological polar surface area (TPSA) is 51.7 Å². The number of carbonyl (C=O) groups excluding carboxylic acids is 1. The molecule has 29 heavy (non-hydrogen) atoms. The van der Waals surface area contributed by atoms with Crippen LogP contribution < -0.4 is 9.47 Å². The van der Waals surface area contributed by atoms with Gasteiger partial charge in [-0.15, -0.1) is 11.3 Å². The maximum atomic E-state index is 12.6. The average Bonchev–Trinajstić information content (AvgIpc) is 3.15. The van der Waals surface area contributed by atoms with E-state index in [-0.39, 0.29) is 5.91 Å². The summed E-state index contributed by atoms with van der Waals surface area (Å²) in [4.78, 5) is 18.6. The zero-order valence-electron chi connectivity index (χ0n) is 17.3. The molecule has 6 heteroatoms. The van der Waals surface area contributed by atoms with Gasteiger partial charge in [0.05, 0.1) is 6.54 Å². The molecule has 0 aliphatic rings. The molecule has 0 N–H and O–H groups in total. The number of carbonyl (C=O) groups is 1. The predicted octanol–water partition coefficient (Wildman–Crippen LogP) is 4.80. The molecule has 0 spiro atoms. The minimum absolute atomic E-state index is 0.119. The largest absolute Gasteiger partial charge is 0.492 e. The van der Waals surface area contributed by atoms with Crippen LogP contribution in [0.5, 0.6) is 11.5 Å². The quantitative estimate of drug-likeness (QED) is 0.535. The van der Waals surface area contributed by atoms with Gasteiger partial charge in [0.2, 0.25) is 0 Å². The molecule has 0 saturated heterocycles. The highest BCUT2D eigenvalue weighted by Gasteiger charge is 2.16. The predicted molar refractivity (Wildman–Crippen MR) is 116 cm³/mol. The van der Waals surface area contributed by atoms with Crippen LogP contribution in [-0.4, -0.2) is 36.0 Å². The monoisotopic (exact) mass is 410 g/mol. The number of aromatic nitrogens is 1. The van der Waals surface area contributed by atoms with E-state index in [0.717, 1.165) is 27.6 Å². The van der Waals surface area contributed by atoms with Crippen LogP contribution in [-0.2, 0) is 6.61 Å². The van der Waals surface area contributed by atoms with Crippen LogP contribution >= 0.6 is 11.3 Å². The number of aryl methyl sites for hydroxylation is 3. The summed E-state index contributed by atoms with van der Waals surface area (Å²) in [6.45, 7) is 7.37. The number of rotatable bonds is 8. The van der Waals surface area contributed by atoms with E-state index in [4.69, 9.17) is 9.47 Å². The number of benzene rings is 2. The normalized spacial score (nSPS) is 10.6. The Balaban J connectivity index is 1.48. The second-order valence-electron chi connectivity index (χ2n) is 7.13. The molecule has 0 unspecified atom stereocenters. The smallest absolute Gasteiger partial charge is 0.273 e. The van der Waals surface area contributed by atoms with Crippen molar-refractivity contribution in [3.63, 3.8) is 0 Å². The minimum atomic E-state index is -0.119. The number of amides is 1. The Labute approximate surface area is 175 Å². The lowest BCUT2D eigenvalue weighted by Gasteiger charge is -2.16. The van der Waals surface area contributed by atoms with Gasteiger partial charge in [-0.2, -0.15) is 0 Å². The fourth-order valence-electron chi connectivity index (χ4n) is 2.87. The van der Waals surface area contributed by atoms with Gasteiger partial charge in [-0.05, 0) is 56.2 Å². The zero-order valence-corrected chi connectivity index (χ0v) is 18.1. The summed E-state index contributed by atoms with van der Waals surface area (Å²) in [6.07, 6.45) is 0. The molecule has 2 aromatic carbocycles. The maximum Gasteiger partial charge on any atom is 0.273 e. The molecule has 5 nitrogen and oxygen atoms in total. The van der Waals surface area contributed by atoms with Crippen molar-refractivity contribution in [2.75, 3.05) is 20.2 Å². The Kier molecular flexibility index (Phi) is 6.88. The number of hydrogen-bond donors (Lipinski definition) is 0. The Morgan fingerprint density at radius 1 is 0.966 bits per heavy atom. The van der Waals surface area contributed by atoms with E-state index in [9.17, 15) is 4.79 Å². The molecule has 0 radical (unpaired) electrons. The fourth-order valence-corrected chi connectivity index (χ4v) is 3.55. The third-order valence-electron chi connectivity index (χ3n) is 4.39. The third kappa shape index (κ3) is 6.06. The molecule has 1 heterocycles. The van der Waals surface area contributed by atoms with Crippen molar-refractivity contribution in [2.24, 2.45) is 0 Å². The average molecular weight is 411 g/mol. The summed E-state index contributed by atoms with van der Waals surface area (Å²) in [5.41, 5.74) is 3.94. The first-order valence-electron chi connectivity index (χ1n) is 9.51. The van der Waals surface area contributed by atoms with Crippen LogP contribution in [0.1, 0.15) is 32.2 Å². The molecule has 0 saturated carbocycles. The SMILES string of the molecule is Cc1ccc(OCc2nc(C(=O)N(C)CCOc3cc(C)cc(C)c3)cs2)cc1. The molecule has 152 valence electrons. The van der Waals surface area contributed by atoms with Crippen LogP contribution in [0.4, 0.5) is 0 Å². The standard InChI is InChI=1S/C23H26N2O3S/c1-16-5-7-19(8-6-16)28-14-22-24-21(15-29-22)23(26)25(4)9-10-27-20-12-17(2)11-18(3)13-20/h5-8,11-13,15H,9-10,14H2,1-4H3. The Morgan fingerprint density at radius 2 is 1.66 bits per heavy atom. The van der Waals surface area contributed by atoms with E-state index < -0.39 is 0 Å². The van der Waals surface area contributed by atoms with Crippen LogP contribution in [0, 0.1) is 20.8 Å². The summed E-state index contributed by atoms with van der Waals surface area (Å²) in [7, 11) is 1.76. The van der Waals surface area contributed by atoms with Gasteiger partial charge in [0.25, 0.3) is 5.91 Å². The van der Waals surface area contributed by atoms with E-state index in [1.165, 1.54) is 16.9 Å². The number of thiazole rings is 1. The van der Waals surface area contributed by atoms with Crippen molar-refractivity contribution >= 4 is 17.2 Å². The first-order valence-corrected chi connectivity index (χ1v) is 10.4. The first kappa shape index (κ1) is 20.9. The van der Waals surface area contributed by atoms with Gasteiger partial charge >= 0.3 is 0 Å². The van der Waals surface area contributed by atoms with E-state index in [0.29, 0.717) is 25.5 Å². The second kappa shape index (κ2) is 9.56. The molecular weight excluding hydrogens is 384 g/mol. The number of ether oxygens (including phenoxy) is 2. The van der Waals surface area contributed by atoms with E-state index in [1.54, 1.807) is 17.3 Å². The molecule has 0 aliphatic carbocycles. The molecule has 1 aromatic heterocycles. The van der Waals surface area contributed by atoms with Crippen LogP contribution in [0.15, 0.2) is 47.8 Å². The lowest BCUT2D eigenvalue weighted by Crippen LogP contribution is -2.31. The minimum Gasteiger partial charge on any atom is -0.492 e. The van der Waals surface area contributed by atoms with Crippen molar-refractivity contribution in [3.05, 3.63) is 75.2 Å². The summed E-state index contributed by atoms with van der Waals surface area (Å²) >= 11 is 1.43. The van der Waals surface area contributed by atoms with Gasteiger partial charge in [-0.3, -0.25) is 4.79 Å². The summed E-state index contributed by atoms with van der Waals surface area (Å²) in [5.74, 6) is 1.50. The van der Waals surface area contributed by atoms with Gasteiger partial charge in [0, 0.05) is 12.4 Å². The van der Waals surface area contributed by atoms with Crippen LogP contribution in [0.2, 0.25) is 0 Å². The van der Waals surface area contributed by atoms with Gasteiger partial charge < -0.3 is 14.4 Å². The maximum absolute atomic E-state index is 12.6. The molecule has 0 fully saturated rings. The van der Waals surface area contributed by atoms with Crippen LogP contribution in [0.25, 0.3) is 0 Å². The lowest BCUT2D eigenvalue weighted by atomic mass is 10.1. The highest BCUT2D eigenvalue weighted by molar-refractivity contribution is 7.09. The summed E-state index contributed by atoms with van der Waals surface area (Å²) in [5, 5.41) is 2.55. The van der Waals surface area contributed by atoms with E-state index in [2.05, 4.69) is 11.1 Å². The third-order valence-corrected chi connectivity index (χ3v) is 5.21. The van der Waals surface area contributed by atoms with Crippen LogP contribution in [0.3, 0.4) is 0 Å². The molecule has 3 rings (SSSR count). The first-order chi connectivity index (χ1) is 13.9. The molecule has 0 bridgehead atoms. The second-order valence-corrected chi connectivity index (χ2v) is 8.07. The summed E-state index contributed by atoms with van der Waals surface area (Å²) in [6, 6.07) is 14.0. The Hall–Kier alpha value is -2.86. The fraction of sp³-hybridized carbons (Fsp3) is 0.304. The summed E-state index contributed by atoms with van der Waals surface area (Å²) < 4.78 is 11.5. The van der Waals surface area contributed by atoms with Gasteiger partial charge in [-0.1, -0.05) is 23.8 Å². The van der Waals surface area contributed by atoms with Crippen molar-refractivity contribution in [3.8, 4) is 11.5 Å². The number of likely N-dealkylation sites (N-methyl/N-ethyl adjacent to an activating group) is 1. The Bertz CT molecular complexity index is 946. The van der Waals surface area contributed by atoms with Gasteiger partial charge in [0.1, 0.15) is 35.4 Å². The lowest BCUT2D eigenvalue weighted by molar-refractivity contribution is 0.0768. The molecule has 3 aromatic rings. The van der Waals surface area contributed by atoms with Gasteiger partial charge in [-0.25, -0.2) is 4.98 Å². The van der Waals surface area contributed by atoms with E-state index >= 15 is 0 Å². The molecule has 0 aliphatic heterocycles. The van der Waals surface area contributed by atoms with Crippen molar-refractivity contribution in [2.45, 2.75) is 27.4 Å². The van der Waals surface area contributed by atoms with Crippen molar-refractivity contribution < 1.29 is 14.3 Å². The van der Waals surface area contributed by atoms with E-state index in [1.807, 2.05) is 57.2 Å². The van der Waals surface area contributed by atoms with Gasteiger partial charge in [0.15, 0.2) is 0 Å². The molecular formula is C23H26N2O3S. The highest BCUT2D eigenvalue weighted by atomic mass is 32.1. The number of nitrogens with zero attached hydrogens (tertiary/aromatic N) is 2. The molecule has 0 atom stereocenters. The Morgan fingerprint density at radius 3 is 2.34 bits per heavy atom. The number of hydrogen-bond acceptors (Lipinski definition) is 5.